The number of aromatic nitrogens is 3. The second-order valence-corrected chi connectivity index (χ2v) is 4.54. The number of hydrogen-bond acceptors (Lipinski definition) is 4. The van der Waals surface area contributed by atoms with Crippen LogP contribution in [0, 0.1) is 5.82 Å². The molecule has 3 aromatic rings. The lowest BCUT2D eigenvalue weighted by Gasteiger charge is -2.09. The van der Waals surface area contributed by atoms with E-state index in [0.29, 0.717) is 23.0 Å². The van der Waals surface area contributed by atoms with E-state index in [9.17, 15) is 4.39 Å². The van der Waals surface area contributed by atoms with Gasteiger partial charge in [0.15, 0.2) is 11.5 Å². The molecule has 102 valence electrons. The topological polar surface area (TPSA) is 54.2 Å². The molecule has 0 bridgehead atoms. The summed E-state index contributed by atoms with van der Waals surface area (Å²) in [6.07, 6.45) is 5.30. The van der Waals surface area contributed by atoms with E-state index in [1.165, 1.54) is 12.1 Å². The average Bonchev–Trinajstić information content (AvgIpc) is 2.91. The van der Waals surface area contributed by atoms with Gasteiger partial charge in [-0.15, -0.1) is 0 Å². The Morgan fingerprint density at radius 2 is 2.20 bits per heavy atom. The number of halogens is 2. The number of nitrogens with zero attached hydrogens (tertiary/aromatic N) is 3. The molecule has 0 saturated carbocycles. The molecule has 0 unspecified atom stereocenters. The van der Waals surface area contributed by atoms with Crippen molar-refractivity contribution in [3.8, 4) is 0 Å². The minimum Gasteiger partial charge on any atom is -0.372 e. The van der Waals surface area contributed by atoms with Crippen LogP contribution in [0.1, 0.15) is 0 Å². The molecule has 0 saturated heterocycles. The molecule has 0 spiro atoms. The van der Waals surface area contributed by atoms with Crippen molar-refractivity contribution >= 4 is 34.6 Å². The summed E-state index contributed by atoms with van der Waals surface area (Å²) in [5.41, 5.74) is 1.21. The predicted molar refractivity (Wildman–Crippen MR) is 77.2 cm³/mol. The maximum atomic E-state index is 13.5. The summed E-state index contributed by atoms with van der Waals surface area (Å²) >= 11 is 5.66. The number of nitrogens with one attached hydrogen (secondary N) is 2. The number of hydrogen-bond donors (Lipinski definition) is 2. The fourth-order valence-corrected chi connectivity index (χ4v) is 1.96. The van der Waals surface area contributed by atoms with Gasteiger partial charge in [0, 0.05) is 25.1 Å². The van der Waals surface area contributed by atoms with Gasteiger partial charge in [-0.2, -0.15) is 0 Å². The zero-order valence-corrected chi connectivity index (χ0v) is 11.3. The Kier molecular flexibility index (Phi) is 3.15. The molecular formula is C13H11ClFN5. The Hall–Kier alpha value is -2.34. The molecule has 0 atom stereocenters. The van der Waals surface area contributed by atoms with E-state index in [4.69, 9.17) is 11.6 Å². The Labute approximate surface area is 119 Å². The van der Waals surface area contributed by atoms with E-state index in [1.807, 2.05) is 16.8 Å². The molecule has 1 aromatic carbocycles. The normalized spacial score (nSPS) is 10.8. The highest BCUT2D eigenvalue weighted by molar-refractivity contribution is 6.30. The first-order valence-electron chi connectivity index (χ1n) is 5.91. The molecule has 5 nitrogen and oxygen atoms in total. The minimum atomic E-state index is -0.485. The molecule has 0 aliphatic rings. The number of benzene rings is 1. The summed E-state index contributed by atoms with van der Waals surface area (Å²) in [6, 6.07) is 4.48. The van der Waals surface area contributed by atoms with E-state index in [0.717, 1.165) is 0 Å². The summed E-state index contributed by atoms with van der Waals surface area (Å²) in [4.78, 5) is 8.60. The van der Waals surface area contributed by atoms with Crippen molar-refractivity contribution in [2.24, 2.45) is 0 Å². The molecule has 0 aliphatic carbocycles. The second kappa shape index (κ2) is 4.97. The molecule has 0 fully saturated rings. The van der Waals surface area contributed by atoms with Crippen LogP contribution in [-0.2, 0) is 0 Å². The smallest absolute Gasteiger partial charge is 0.180 e. The Morgan fingerprint density at radius 1 is 1.35 bits per heavy atom. The predicted octanol–water partition coefficient (Wildman–Crippen LogP) is 3.31. The van der Waals surface area contributed by atoms with Crippen LogP contribution in [0.3, 0.4) is 0 Å². The molecule has 7 heteroatoms. The van der Waals surface area contributed by atoms with Crippen LogP contribution in [0.15, 0.2) is 36.8 Å². The van der Waals surface area contributed by atoms with Gasteiger partial charge < -0.3 is 15.0 Å². The highest BCUT2D eigenvalue weighted by Gasteiger charge is 2.08. The second-order valence-electron chi connectivity index (χ2n) is 4.14. The van der Waals surface area contributed by atoms with Crippen LogP contribution in [-0.4, -0.2) is 21.4 Å². The lowest BCUT2D eigenvalue weighted by atomic mass is 10.3. The summed E-state index contributed by atoms with van der Waals surface area (Å²) in [6.45, 7) is 0. The van der Waals surface area contributed by atoms with Crippen molar-refractivity contribution in [2.75, 3.05) is 17.7 Å². The zero-order valence-electron chi connectivity index (χ0n) is 10.6. The highest BCUT2D eigenvalue weighted by Crippen LogP contribution is 2.24. The van der Waals surface area contributed by atoms with Crippen LogP contribution in [0.5, 0.6) is 0 Å². The summed E-state index contributed by atoms with van der Waals surface area (Å²) in [5, 5.41) is 6.09. The van der Waals surface area contributed by atoms with Gasteiger partial charge in [-0.25, -0.2) is 14.4 Å². The molecule has 20 heavy (non-hydrogen) atoms. The van der Waals surface area contributed by atoms with Crippen LogP contribution in [0.4, 0.5) is 21.7 Å². The third kappa shape index (κ3) is 2.25. The van der Waals surface area contributed by atoms with E-state index in [-0.39, 0.29) is 5.02 Å². The highest BCUT2D eigenvalue weighted by atomic mass is 35.5. The van der Waals surface area contributed by atoms with Gasteiger partial charge in [-0.05, 0) is 18.2 Å². The summed E-state index contributed by atoms with van der Waals surface area (Å²) in [5.74, 6) is 0.719. The first kappa shape index (κ1) is 12.7. The molecule has 0 amide bonds. The van der Waals surface area contributed by atoms with Crippen molar-refractivity contribution in [2.45, 2.75) is 0 Å². The van der Waals surface area contributed by atoms with Crippen LogP contribution in [0.25, 0.3) is 5.65 Å². The van der Waals surface area contributed by atoms with E-state index in [1.54, 1.807) is 19.3 Å². The molecule has 2 heterocycles. The maximum Gasteiger partial charge on any atom is 0.180 e. The number of imidazole rings is 1. The molecule has 0 aliphatic heterocycles. The third-order valence-electron chi connectivity index (χ3n) is 2.81. The van der Waals surface area contributed by atoms with Crippen molar-refractivity contribution in [3.05, 3.63) is 47.6 Å². The molecule has 3 rings (SSSR count). The Balaban J connectivity index is 2.04. The molecule has 2 aromatic heterocycles. The zero-order chi connectivity index (χ0) is 14.1. The van der Waals surface area contributed by atoms with E-state index in [2.05, 4.69) is 20.6 Å². The Bertz CT molecular complexity index is 771. The standard InChI is InChI=1S/C13H11ClFN5/c1-16-11-7-20-5-4-17-13(20)12(19-11)18-8-2-3-9(14)10(15)6-8/h2-7,16H,1H3,(H,18,19). The van der Waals surface area contributed by atoms with Gasteiger partial charge in [0.1, 0.15) is 11.6 Å². The van der Waals surface area contributed by atoms with Gasteiger partial charge >= 0.3 is 0 Å². The lowest BCUT2D eigenvalue weighted by Crippen LogP contribution is -2.02. The SMILES string of the molecule is CNc1cn2ccnc2c(Nc2ccc(Cl)c(F)c2)n1. The third-order valence-corrected chi connectivity index (χ3v) is 3.12. The minimum absolute atomic E-state index is 0.0819. The Morgan fingerprint density at radius 3 is 2.95 bits per heavy atom. The van der Waals surface area contributed by atoms with Gasteiger partial charge in [0.2, 0.25) is 0 Å². The maximum absolute atomic E-state index is 13.5. The van der Waals surface area contributed by atoms with Gasteiger partial charge in [-0.3, -0.25) is 0 Å². The molecule has 2 N–H and O–H groups in total. The number of rotatable bonds is 3. The summed E-state index contributed by atoms with van der Waals surface area (Å²) in [7, 11) is 1.77. The fraction of sp³-hybridized carbons (Fsp3) is 0.0769. The van der Waals surface area contributed by atoms with Crippen molar-refractivity contribution < 1.29 is 4.39 Å². The monoisotopic (exact) mass is 291 g/mol. The lowest BCUT2D eigenvalue weighted by molar-refractivity contribution is 0.629. The quantitative estimate of drug-likeness (QED) is 0.777. The largest absolute Gasteiger partial charge is 0.372 e. The molecule has 0 radical (unpaired) electrons. The first-order chi connectivity index (χ1) is 9.67. The van der Waals surface area contributed by atoms with Gasteiger partial charge in [0.25, 0.3) is 0 Å². The first-order valence-corrected chi connectivity index (χ1v) is 6.28. The van der Waals surface area contributed by atoms with Crippen LogP contribution in [0.2, 0.25) is 5.02 Å². The van der Waals surface area contributed by atoms with Crippen molar-refractivity contribution in [3.63, 3.8) is 0 Å². The fourth-order valence-electron chi connectivity index (χ4n) is 1.85. The van der Waals surface area contributed by atoms with Crippen molar-refractivity contribution in [1.82, 2.24) is 14.4 Å². The van der Waals surface area contributed by atoms with E-state index >= 15 is 0 Å². The van der Waals surface area contributed by atoms with E-state index < -0.39 is 5.82 Å². The average molecular weight is 292 g/mol. The number of anilines is 3. The molecular weight excluding hydrogens is 281 g/mol. The van der Waals surface area contributed by atoms with Gasteiger partial charge in [-0.1, -0.05) is 11.6 Å². The van der Waals surface area contributed by atoms with Crippen LogP contribution < -0.4 is 10.6 Å². The van der Waals surface area contributed by atoms with Gasteiger partial charge in [0.05, 0.1) is 11.2 Å². The summed E-state index contributed by atoms with van der Waals surface area (Å²) < 4.78 is 15.3. The van der Waals surface area contributed by atoms with Crippen LogP contribution >= 0.6 is 11.6 Å². The van der Waals surface area contributed by atoms with Crippen molar-refractivity contribution in [1.29, 1.82) is 0 Å². The number of fused-ring (bicyclic) bond motifs is 1.